The Bertz CT molecular complexity index is 743. The van der Waals surface area contributed by atoms with Gasteiger partial charge in [-0.05, 0) is 29.3 Å². The smallest absolute Gasteiger partial charge is 0.251 e. The first-order valence-corrected chi connectivity index (χ1v) is 6.61. The van der Waals surface area contributed by atoms with Gasteiger partial charge in [-0.3, -0.25) is 14.8 Å². The lowest BCUT2D eigenvalue weighted by Gasteiger charge is -2.09. The molecule has 0 spiro atoms. The molecule has 0 aliphatic rings. The van der Waals surface area contributed by atoms with Crippen LogP contribution in [0.4, 0.5) is 0 Å². The zero-order chi connectivity index (χ0) is 13.9. The van der Waals surface area contributed by atoms with Gasteiger partial charge in [0.15, 0.2) is 5.01 Å². The molecule has 0 saturated carbocycles. The normalized spacial score (nSPS) is 10.4. The van der Waals surface area contributed by atoms with Gasteiger partial charge in [0.25, 0.3) is 5.91 Å². The molecular formula is C13H9N5OS. The van der Waals surface area contributed by atoms with E-state index in [1.165, 1.54) is 11.3 Å². The Hall–Kier alpha value is -2.67. The largest absolute Gasteiger partial charge is 0.366 e. The molecule has 3 rings (SSSR count). The van der Waals surface area contributed by atoms with E-state index in [0.29, 0.717) is 21.8 Å². The van der Waals surface area contributed by atoms with Crippen molar-refractivity contribution in [3.05, 3.63) is 47.9 Å². The maximum absolute atomic E-state index is 11.8. The molecule has 0 atom stereocenters. The number of hydrogen-bond acceptors (Lipinski definition) is 6. The lowest BCUT2D eigenvalue weighted by molar-refractivity contribution is 0.100. The summed E-state index contributed by atoms with van der Waals surface area (Å²) >= 11 is 1.31. The van der Waals surface area contributed by atoms with Crippen molar-refractivity contribution in [2.24, 2.45) is 5.73 Å². The van der Waals surface area contributed by atoms with Crippen molar-refractivity contribution in [2.75, 3.05) is 0 Å². The number of pyridine rings is 2. The number of carbonyl (C=O) groups excluding carboxylic acids is 1. The van der Waals surface area contributed by atoms with E-state index in [9.17, 15) is 4.79 Å². The van der Waals surface area contributed by atoms with Crippen LogP contribution in [-0.2, 0) is 0 Å². The van der Waals surface area contributed by atoms with Crippen LogP contribution in [0, 0.1) is 0 Å². The molecule has 3 aromatic rings. The summed E-state index contributed by atoms with van der Waals surface area (Å²) in [6.07, 6.45) is 4.94. The second-order valence-electron chi connectivity index (χ2n) is 3.93. The van der Waals surface area contributed by atoms with Crippen molar-refractivity contribution in [1.82, 2.24) is 20.2 Å². The second kappa shape index (κ2) is 5.14. The predicted molar refractivity (Wildman–Crippen MR) is 74.9 cm³/mol. The molecule has 7 heteroatoms. The fourth-order valence-electron chi connectivity index (χ4n) is 1.92. The molecule has 3 heterocycles. The molecule has 0 aliphatic carbocycles. The van der Waals surface area contributed by atoms with Gasteiger partial charge in [0.05, 0.1) is 5.56 Å². The van der Waals surface area contributed by atoms with Gasteiger partial charge in [-0.15, -0.1) is 10.2 Å². The average Bonchev–Trinajstić information content (AvgIpc) is 3.01. The third-order valence-electron chi connectivity index (χ3n) is 2.75. The fourth-order valence-corrected chi connectivity index (χ4v) is 2.48. The highest BCUT2D eigenvalue weighted by Gasteiger charge is 2.19. The first-order chi connectivity index (χ1) is 9.77. The van der Waals surface area contributed by atoms with Crippen LogP contribution in [0.15, 0.2) is 42.3 Å². The highest BCUT2D eigenvalue weighted by atomic mass is 32.1. The Morgan fingerprint density at radius 3 is 2.60 bits per heavy atom. The van der Waals surface area contributed by atoms with Crippen LogP contribution < -0.4 is 5.73 Å². The first-order valence-electron chi connectivity index (χ1n) is 5.73. The number of amides is 1. The summed E-state index contributed by atoms with van der Waals surface area (Å²) in [6, 6.07) is 5.37. The van der Waals surface area contributed by atoms with Crippen molar-refractivity contribution >= 4 is 17.2 Å². The number of nitrogens with two attached hydrogens (primary N) is 1. The summed E-state index contributed by atoms with van der Waals surface area (Å²) in [5.41, 5.74) is 9.46. The van der Waals surface area contributed by atoms with Crippen LogP contribution in [-0.4, -0.2) is 26.1 Å². The lowest BCUT2D eigenvalue weighted by Crippen LogP contribution is -2.15. The van der Waals surface area contributed by atoms with Crippen LogP contribution in [0.2, 0.25) is 0 Å². The fraction of sp³-hybridized carbons (Fsp3) is 0. The Morgan fingerprint density at radius 1 is 1.15 bits per heavy atom. The Morgan fingerprint density at radius 2 is 1.95 bits per heavy atom. The van der Waals surface area contributed by atoms with Crippen LogP contribution in [0.5, 0.6) is 0 Å². The van der Waals surface area contributed by atoms with Crippen LogP contribution in [0.1, 0.15) is 10.4 Å². The second-order valence-corrected chi connectivity index (χ2v) is 4.76. The van der Waals surface area contributed by atoms with E-state index in [4.69, 9.17) is 5.73 Å². The number of rotatable bonds is 3. The van der Waals surface area contributed by atoms with E-state index >= 15 is 0 Å². The molecule has 0 fully saturated rings. The van der Waals surface area contributed by atoms with Crippen LogP contribution in [0.25, 0.3) is 21.8 Å². The molecule has 6 nitrogen and oxygen atoms in total. The summed E-state index contributed by atoms with van der Waals surface area (Å²) in [4.78, 5) is 20.0. The number of nitrogens with zero attached hydrogens (tertiary/aromatic N) is 4. The molecule has 0 saturated heterocycles. The van der Waals surface area contributed by atoms with Gasteiger partial charge in [-0.25, -0.2) is 0 Å². The summed E-state index contributed by atoms with van der Waals surface area (Å²) in [5.74, 6) is -0.546. The van der Waals surface area contributed by atoms with Crippen molar-refractivity contribution in [1.29, 1.82) is 0 Å². The van der Waals surface area contributed by atoms with E-state index in [-0.39, 0.29) is 0 Å². The molecular weight excluding hydrogens is 274 g/mol. The van der Waals surface area contributed by atoms with Crippen LogP contribution >= 0.6 is 11.3 Å². The zero-order valence-electron chi connectivity index (χ0n) is 10.2. The zero-order valence-corrected chi connectivity index (χ0v) is 11.0. The monoisotopic (exact) mass is 283 g/mol. The quantitative estimate of drug-likeness (QED) is 0.790. The van der Waals surface area contributed by atoms with Gasteiger partial charge < -0.3 is 5.73 Å². The summed E-state index contributed by atoms with van der Waals surface area (Å²) in [7, 11) is 0. The Kier molecular flexibility index (Phi) is 3.18. The minimum absolute atomic E-state index is 0.343. The highest BCUT2D eigenvalue weighted by molar-refractivity contribution is 7.12. The SMILES string of the molecule is NC(=O)c1c(-c2ccncc2)ccnc1-c1nncs1. The molecule has 0 bridgehead atoms. The molecule has 0 unspecified atom stereocenters. The summed E-state index contributed by atoms with van der Waals surface area (Å²) in [5, 5.41) is 8.28. The summed E-state index contributed by atoms with van der Waals surface area (Å²) < 4.78 is 0. The number of primary amides is 1. The molecule has 0 radical (unpaired) electrons. The number of carbonyl (C=O) groups is 1. The van der Waals surface area contributed by atoms with Crippen LogP contribution in [0.3, 0.4) is 0 Å². The van der Waals surface area contributed by atoms with Gasteiger partial charge in [-0.2, -0.15) is 0 Å². The van der Waals surface area contributed by atoms with Gasteiger partial charge in [-0.1, -0.05) is 11.3 Å². The van der Waals surface area contributed by atoms with E-state index in [2.05, 4.69) is 20.2 Å². The van der Waals surface area contributed by atoms with Crippen molar-refractivity contribution in [3.8, 4) is 21.8 Å². The molecule has 20 heavy (non-hydrogen) atoms. The predicted octanol–water partition coefficient (Wildman–Crippen LogP) is 1.76. The highest BCUT2D eigenvalue weighted by Crippen LogP contribution is 2.30. The molecule has 3 aromatic heterocycles. The standard InChI is InChI=1S/C13H9N5OS/c14-12(19)10-9(8-1-4-15-5-2-8)3-6-16-11(10)13-18-17-7-20-13/h1-7H,(H2,14,19). The van der Waals surface area contributed by atoms with E-state index in [1.54, 1.807) is 30.2 Å². The minimum Gasteiger partial charge on any atom is -0.366 e. The first kappa shape index (κ1) is 12.4. The third-order valence-corrected chi connectivity index (χ3v) is 3.45. The minimum atomic E-state index is -0.546. The molecule has 98 valence electrons. The van der Waals surface area contributed by atoms with Gasteiger partial charge >= 0.3 is 0 Å². The summed E-state index contributed by atoms with van der Waals surface area (Å²) in [6.45, 7) is 0. The molecule has 0 aliphatic heterocycles. The van der Waals surface area contributed by atoms with Crippen molar-refractivity contribution < 1.29 is 4.79 Å². The van der Waals surface area contributed by atoms with Gasteiger partial charge in [0, 0.05) is 18.6 Å². The van der Waals surface area contributed by atoms with Gasteiger partial charge in [0.2, 0.25) is 0 Å². The van der Waals surface area contributed by atoms with E-state index < -0.39 is 5.91 Å². The number of hydrogen-bond donors (Lipinski definition) is 1. The maximum Gasteiger partial charge on any atom is 0.251 e. The Labute approximate surface area is 118 Å². The molecule has 2 N–H and O–H groups in total. The topological polar surface area (TPSA) is 94.7 Å². The number of aromatic nitrogens is 4. The molecule has 0 aromatic carbocycles. The van der Waals surface area contributed by atoms with Gasteiger partial charge in [0.1, 0.15) is 11.2 Å². The Balaban J connectivity index is 2.26. The van der Waals surface area contributed by atoms with Crippen molar-refractivity contribution in [3.63, 3.8) is 0 Å². The average molecular weight is 283 g/mol. The maximum atomic E-state index is 11.8. The van der Waals surface area contributed by atoms with Crippen molar-refractivity contribution in [2.45, 2.75) is 0 Å². The third kappa shape index (κ3) is 2.14. The van der Waals surface area contributed by atoms with E-state index in [1.807, 2.05) is 12.1 Å². The lowest BCUT2D eigenvalue weighted by atomic mass is 9.99. The van der Waals surface area contributed by atoms with E-state index in [0.717, 1.165) is 5.56 Å². The molecule has 1 amide bonds.